The van der Waals surface area contributed by atoms with E-state index in [4.69, 9.17) is 9.47 Å². The van der Waals surface area contributed by atoms with Gasteiger partial charge in [0.2, 0.25) is 5.91 Å². The predicted octanol–water partition coefficient (Wildman–Crippen LogP) is 0.0755. The van der Waals surface area contributed by atoms with E-state index in [9.17, 15) is 14.4 Å². The average Bonchev–Trinajstić information content (AvgIpc) is 3.09. The van der Waals surface area contributed by atoms with Gasteiger partial charge >= 0.3 is 5.97 Å². The van der Waals surface area contributed by atoms with Crippen LogP contribution in [0.4, 0.5) is 5.69 Å². The van der Waals surface area contributed by atoms with Gasteiger partial charge in [0.25, 0.3) is 5.91 Å². The lowest BCUT2D eigenvalue weighted by atomic mass is 9.99. The van der Waals surface area contributed by atoms with Crippen LogP contribution in [0.5, 0.6) is 5.75 Å². The van der Waals surface area contributed by atoms with Crippen molar-refractivity contribution >= 4 is 29.2 Å². The Morgan fingerprint density at radius 1 is 1.35 bits per heavy atom. The van der Waals surface area contributed by atoms with Crippen molar-refractivity contribution in [2.75, 3.05) is 18.6 Å². The van der Waals surface area contributed by atoms with E-state index in [1.54, 1.807) is 31.2 Å². The molecule has 0 saturated carbocycles. The number of rotatable bonds is 4. The lowest BCUT2D eigenvalue weighted by molar-refractivity contribution is -0.136. The zero-order valence-electron chi connectivity index (χ0n) is 12.6. The van der Waals surface area contributed by atoms with E-state index in [-0.39, 0.29) is 12.3 Å². The van der Waals surface area contributed by atoms with Gasteiger partial charge in [-0.15, -0.1) is 0 Å². The lowest BCUT2D eigenvalue weighted by Gasteiger charge is -2.16. The van der Waals surface area contributed by atoms with Crippen LogP contribution in [0, 0.1) is 5.92 Å². The zero-order valence-corrected chi connectivity index (χ0v) is 12.6. The second-order valence-electron chi connectivity index (χ2n) is 5.02. The first-order chi connectivity index (χ1) is 11.1. The van der Waals surface area contributed by atoms with E-state index < -0.39 is 29.7 Å². The molecule has 1 saturated heterocycles. The number of esters is 1. The second kappa shape index (κ2) is 5.71. The minimum atomic E-state index is -0.965. The number of amides is 2. The Labute approximate surface area is 132 Å². The van der Waals surface area contributed by atoms with E-state index in [1.165, 1.54) is 7.11 Å². The number of imide groups is 1. The Bertz CT molecular complexity index is 715. The van der Waals surface area contributed by atoms with Crippen molar-refractivity contribution in [2.24, 2.45) is 11.0 Å². The molecule has 2 aliphatic heterocycles. The fraction of sp³-hybridized carbons (Fsp3) is 0.333. The van der Waals surface area contributed by atoms with Gasteiger partial charge in [-0.3, -0.25) is 15.0 Å². The van der Waals surface area contributed by atoms with Crippen molar-refractivity contribution in [2.45, 2.75) is 13.0 Å². The van der Waals surface area contributed by atoms with Crippen molar-refractivity contribution in [3.8, 4) is 5.75 Å². The van der Waals surface area contributed by atoms with Crippen LogP contribution in [0.15, 0.2) is 29.4 Å². The number of methoxy groups -OCH3 is 1. The summed E-state index contributed by atoms with van der Waals surface area (Å²) in [6, 6.07) is 5.71. The maximum atomic E-state index is 12.7. The molecule has 0 radical (unpaired) electrons. The number of fused-ring (bicyclic) bond motifs is 1. The van der Waals surface area contributed by atoms with E-state index >= 15 is 0 Å². The number of ether oxygens (including phenoxy) is 2. The highest BCUT2D eigenvalue weighted by Crippen LogP contribution is 2.32. The van der Waals surface area contributed by atoms with Gasteiger partial charge in [0, 0.05) is 6.07 Å². The molecular weight excluding hydrogens is 302 g/mol. The van der Waals surface area contributed by atoms with Gasteiger partial charge in [0.05, 0.1) is 19.4 Å². The van der Waals surface area contributed by atoms with E-state index in [2.05, 4.69) is 10.5 Å². The number of anilines is 1. The molecule has 0 spiro atoms. The maximum absolute atomic E-state index is 12.7. The summed E-state index contributed by atoms with van der Waals surface area (Å²) in [4.78, 5) is 38.1. The molecule has 120 valence electrons. The molecule has 8 heteroatoms. The third-order valence-electron chi connectivity index (χ3n) is 3.72. The van der Waals surface area contributed by atoms with Gasteiger partial charge in [-0.05, 0) is 19.1 Å². The molecular formula is C15H15N3O5. The van der Waals surface area contributed by atoms with E-state index in [0.717, 1.165) is 4.90 Å². The summed E-state index contributed by atoms with van der Waals surface area (Å²) in [6.45, 7) is 1.82. The SMILES string of the molecule is CCOC(=O)C1=NN[C@H]2C(=O)N(c3cccc(OC)c3)C(=O)[C@H]12. The molecule has 2 heterocycles. The summed E-state index contributed by atoms with van der Waals surface area (Å²) >= 11 is 0. The van der Waals surface area contributed by atoms with Crippen molar-refractivity contribution in [3.63, 3.8) is 0 Å². The number of hydrogen-bond donors (Lipinski definition) is 1. The number of hydrazone groups is 1. The fourth-order valence-electron chi connectivity index (χ4n) is 2.67. The normalized spacial score (nSPS) is 22.5. The summed E-state index contributed by atoms with van der Waals surface area (Å²) < 4.78 is 9.99. The quantitative estimate of drug-likeness (QED) is 0.624. The molecule has 3 rings (SSSR count). The van der Waals surface area contributed by atoms with Crippen molar-refractivity contribution < 1.29 is 23.9 Å². The van der Waals surface area contributed by atoms with Crippen LogP contribution in [-0.2, 0) is 19.1 Å². The number of carbonyl (C=O) groups is 3. The minimum absolute atomic E-state index is 0.0689. The Morgan fingerprint density at radius 3 is 2.83 bits per heavy atom. The molecule has 0 unspecified atom stereocenters. The molecule has 1 N–H and O–H groups in total. The first kappa shape index (κ1) is 15.0. The van der Waals surface area contributed by atoms with Crippen LogP contribution in [0.3, 0.4) is 0 Å². The van der Waals surface area contributed by atoms with Gasteiger partial charge in [-0.1, -0.05) is 6.07 Å². The summed E-state index contributed by atoms with van der Waals surface area (Å²) in [5.74, 6) is -2.11. The third-order valence-corrected chi connectivity index (χ3v) is 3.72. The molecule has 0 aromatic heterocycles. The van der Waals surface area contributed by atoms with Gasteiger partial charge in [-0.25, -0.2) is 9.69 Å². The summed E-state index contributed by atoms with van der Waals surface area (Å²) in [5, 5.41) is 3.80. The maximum Gasteiger partial charge on any atom is 0.355 e. The molecule has 8 nitrogen and oxygen atoms in total. The topological polar surface area (TPSA) is 97.3 Å². The van der Waals surface area contributed by atoms with Gasteiger partial charge < -0.3 is 9.47 Å². The fourth-order valence-corrected chi connectivity index (χ4v) is 2.67. The molecule has 2 amide bonds. The third kappa shape index (κ3) is 2.32. The molecule has 1 aromatic carbocycles. The van der Waals surface area contributed by atoms with Crippen LogP contribution < -0.4 is 15.1 Å². The highest BCUT2D eigenvalue weighted by Gasteiger charge is 2.55. The summed E-state index contributed by atoms with van der Waals surface area (Å²) in [7, 11) is 1.49. The standard InChI is InChI=1S/C15H15N3O5/c1-3-23-15(21)12-10-11(16-17-12)14(20)18(13(10)19)8-5-4-6-9(7-8)22-2/h4-7,10-11,16H,3H2,1-2H3/t10-,11+/m0/s1. The number of hydrogen-bond acceptors (Lipinski definition) is 7. The molecule has 1 aromatic rings. The lowest BCUT2D eigenvalue weighted by Crippen LogP contribution is -2.36. The number of benzene rings is 1. The van der Waals surface area contributed by atoms with Crippen LogP contribution in [0.25, 0.3) is 0 Å². The van der Waals surface area contributed by atoms with Gasteiger partial charge in [0.15, 0.2) is 5.71 Å². The number of nitrogens with one attached hydrogen (secondary N) is 1. The largest absolute Gasteiger partial charge is 0.497 e. The molecule has 0 aliphatic carbocycles. The van der Waals surface area contributed by atoms with Crippen molar-refractivity contribution in [3.05, 3.63) is 24.3 Å². The number of nitrogens with zero attached hydrogens (tertiary/aromatic N) is 2. The second-order valence-corrected chi connectivity index (χ2v) is 5.02. The predicted molar refractivity (Wildman–Crippen MR) is 80.0 cm³/mol. The molecule has 1 fully saturated rings. The number of carbonyl (C=O) groups excluding carboxylic acids is 3. The molecule has 0 bridgehead atoms. The van der Waals surface area contributed by atoms with Gasteiger partial charge in [0.1, 0.15) is 17.7 Å². The Hall–Kier alpha value is -2.90. The summed E-state index contributed by atoms with van der Waals surface area (Å²) in [5.41, 5.74) is 2.88. The molecule has 2 aliphatic rings. The average molecular weight is 317 g/mol. The monoisotopic (exact) mass is 317 g/mol. The Morgan fingerprint density at radius 2 is 2.13 bits per heavy atom. The van der Waals surface area contributed by atoms with Crippen LogP contribution >= 0.6 is 0 Å². The van der Waals surface area contributed by atoms with Crippen LogP contribution in [-0.4, -0.2) is 43.3 Å². The first-order valence-electron chi connectivity index (χ1n) is 7.10. The molecule has 2 atom stereocenters. The van der Waals surface area contributed by atoms with Crippen molar-refractivity contribution in [1.29, 1.82) is 0 Å². The highest BCUT2D eigenvalue weighted by atomic mass is 16.5. The van der Waals surface area contributed by atoms with Crippen LogP contribution in [0.2, 0.25) is 0 Å². The Balaban J connectivity index is 1.92. The summed E-state index contributed by atoms with van der Waals surface area (Å²) in [6.07, 6.45) is 0. The highest BCUT2D eigenvalue weighted by molar-refractivity contribution is 6.46. The van der Waals surface area contributed by atoms with E-state index in [1.807, 2.05) is 0 Å². The Kier molecular flexibility index (Phi) is 3.73. The first-order valence-corrected chi connectivity index (χ1v) is 7.10. The molecule has 23 heavy (non-hydrogen) atoms. The smallest absolute Gasteiger partial charge is 0.355 e. The minimum Gasteiger partial charge on any atom is -0.497 e. The van der Waals surface area contributed by atoms with Crippen LogP contribution in [0.1, 0.15) is 6.92 Å². The van der Waals surface area contributed by atoms with E-state index in [0.29, 0.717) is 11.4 Å². The van der Waals surface area contributed by atoms with Crippen molar-refractivity contribution in [1.82, 2.24) is 5.43 Å². The zero-order chi connectivity index (χ0) is 16.6. The van der Waals surface area contributed by atoms with Gasteiger partial charge in [-0.2, -0.15) is 5.10 Å².